The molecule has 1 aromatic carbocycles. The summed E-state index contributed by atoms with van der Waals surface area (Å²) in [7, 11) is 1.72. The van der Waals surface area contributed by atoms with Crippen molar-refractivity contribution in [2.24, 2.45) is 7.05 Å². The second-order valence-electron chi connectivity index (χ2n) is 3.44. The van der Waals surface area contributed by atoms with E-state index >= 15 is 0 Å². The smallest absolute Gasteiger partial charge is 0.326 e. The van der Waals surface area contributed by atoms with Crippen LogP contribution in [0.4, 0.5) is 0 Å². The molecule has 3 aromatic rings. The Hall–Kier alpha value is -1.69. The first-order chi connectivity index (χ1) is 7.15. The van der Waals surface area contributed by atoms with Crippen molar-refractivity contribution in [1.82, 2.24) is 19.5 Å². The summed E-state index contributed by atoms with van der Waals surface area (Å²) in [5.41, 5.74) is 3.19. The van der Waals surface area contributed by atoms with Gasteiger partial charge in [0, 0.05) is 7.05 Å². The molecule has 0 aliphatic heterocycles. The minimum absolute atomic E-state index is 0.122. The Morgan fingerprint density at radius 1 is 1.33 bits per heavy atom. The molecular formula is C9H8N4OS. The summed E-state index contributed by atoms with van der Waals surface area (Å²) in [6.45, 7) is 0. The van der Waals surface area contributed by atoms with Crippen LogP contribution in [0.2, 0.25) is 0 Å². The van der Waals surface area contributed by atoms with Crippen LogP contribution in [0.15, 0.2) is 22.1 Å². The number of aryl methyl sites for hydroxylation is 1. The van der Waals surface area contributed by atoms with E-state index in [9.17, 15) is 4.79 Å². The Balaban J connectivity index is 2.56. The fourth-order valence-electron chi connectivity index (χ4n) is 1.72. The molecule has 0 atom stereocenters. The maximum atomic E-state index is 11.4. The summed E-state index contributed by atoms with van der Waals surface area (Å²) < 4.78 is 1.56. The van der Waals surface area contributed by atoms with Gasteiger partial charge < -0.3 is 9.97 Å². The number of aromatic amines is 2. The van der Waals surface area contributed by atoms with Gasteiger partial charge >= 0.3 is 5.69 Å². The molecule has 0 spiro atoms. The number of imidazole rings is 2. The summed E-state index contributed by atoms with van der Waals surface area (Å²) >= 11 is 4.13. The van der Waals surface area contributed by atoms with Gasteiger partial charge in [0.15, 0.2) is 5.16 Å². The highest BCUT2D eigenvalue weighted by Gasteiger charge is 2.07. The van der Waals surface area contributed by atoms with Crippen LogP contribution in [0, 0.1) is 0 Å². The first kappa shape index (κ1) is 8.60. The summed E-state index contributed by atoms with van der Waals surface area (Å²) in [6.07, 6.45) is 0. The topological polar surface area (TPSA) is 66.5 Å². The number of H-pyrrole nitrogens is 2. The number of benzene rings is 1. The molecule has 0 radical (unpaired) electrons. The van der Waals surface area contributed by atoms with Crippen LogP contribution in [0.3, 0.4) is 0 Å². The molecule has 3 rings (SSSR count). The fourth-order valence-corrected chi connectivity index (χ4v) is 1.95. The number of fused-ring (bicyclic) bond motifs is 2. The molecule has 0 saturated carbocycles. The number of rotatable bonds is 0. The second-order valence-corrected chi connectivity index (χ2v) is 3.86. The number of thiol groups is 1. The van der Waals surface area contributed by atoms with E-state index in [1.54, 1.807) is 11.6 Å². The van der Waals surface area contributed by atoms with Crippen molar-refractivity contribution in [1.29, 1.82) is 0 Å². The zero-order chi connectivity index (χ0) is 10.6. The lowest BCUT2D eigenvalue weighted by molar-refractivity contribution is 0.892. The first-order valence-corrected chi connectivity index (χ1v) is 4.87. The Kier molecular flexibility index (Phi) is 1.53. The van der Waals surface area contributed by atoms with Crippen molar-refractivity contribution in [3.63, 3.8) is 0 Å². The predicted octanol–water partition coefficient (Wildman–Crippen LogP) is 1.03. The Labute approximate surface area is 89.5 Å². The number of hydrogen-bond donors (Lipinski definition) is 3. The van der Waals surface area contributed by atoms with Crippen LogP contribution >= 0.6 is 12.6 Å². The quantitative estimate of drug-likeness (QED) is 0.495. The standard InChI is InChI=1S/C9H8N4OS/c1-13-7-3-5-4(10-8(15)11-5)2-6(7)12-9(13)14/h2-3H,1H3,(H,12,14)(H2,10,11,15). The van der Waals surface area contributed by atoms with E-state index in [0.717, 1.165) is 22.1 Å². The lowest BCUT2D eigenvalue weighted by atomic mass is 10.3. The molecule has 0 aliphatic carbocycles. The Morgan fingerprint density at radius 3 is 2.93 bits per heavy atom. The monoisotopic (exact) mass is 220 g/mol. The zero-order valence-electron chi connectivity index (χ0n) is 7.90. The SMILES string of the molecule is Cn1c(=O)[nH]c2cc3[nH]c(S)nc3cc21. The summed E-state index contributed by atoms with van der Waals surface area (Å²) in [4.78, 5) is 21.3. The van der Waals surface area contributed by atoms with Gasteiger partial charge in [-0.05, 0) is 12.1 Å². The molecule has 5 nitrogen and oxygen atoms in total. The molecule has 2 aromatic heterocycles. The van der Waals surface area contributed by atoms with Crippen molar-refractivity contribution in [2.75, 3.05) is 0 Å². The van der Waals surface area contributed by atoms with Crippen LogP contribution in [-0.2, 0) is 7.05 Å². The van der Waals surface area contributed by atoms with E-state index < -0.39 is 0 Å². The number of aromatic nitrogens is 4. The van der Waals surface area contributed by atoms with Gasteiger partial charge in [0.2, 0.25) is 0 Å². The molecule has 6 heteroatoms. The molecule has 15 heavy (non-hydrogen) atoms. The maximum absolute atomic E-state index is 11.4. The van der Waals surface area contributed by atoms with Gasteiger partial charge in [-0.1, -0.05) is 0 Å². The van der Waals surface area contributed by atoms with Crippen molar-refractivity contribution >= 4 is 34.7 Å². The molecule has 0 amide bonds. The van der Waals surface area contributed by atoms with Crippen LogP contribution in [0.5, 0.6) is 0 Å². The average molecular weight is 220 g/mol. The van der Waals surface area contributed by atoms with Gasteiger partial charge in [-0.2, -0.15) is 0 Å². The third kappa shape index (κ3) is 1.11. The van der Waals surface area contributed by atoms with Gasteiger partial charge in [-0.25, -0.2) is 9.78 Å². The van der Waals surface area contributed by atoms with Gasteiger partial charge in [0.25, 0.3) is 0 Å². The summed E-state index contributed by atoms with van der Waals surface area (Å²) in [5, 5.41) is 0.572. The Morgan fingerprint density at radius 2 is 2.13 bits per heavy atom. The lowest BCUT2D eigenvalue weighted by Gasteiger charge is -1.92. The molecule has 0 aliphatic rings. The minimum Gasteiger partial charge on any atom is -0.333 e. The summed E-state index contributed by atoms with van der Waals surface area (Å²) in [5.74, 6) is 0. The van der Waals surface area contributed by atoms with E-state index in [4.69, 9.17) is 0 Å². The van der Waals surface area contributed by atoms with Crippen molar-refractivity contribution in [3.05, 3.63) is 22.6 Å². The second kappa shape index (κ2) is 2.66. The van der Waals surface area contributed by atoms with E-state index in [0.29, 0.717) is 5.16 Å². The fraction of sp³-hybridized carbons (Fsp3) is 0.111. The third-order valence-electron chi connectivity index (χ3n) is 2.49. The highest BCUT2D eigenvalue weighted by Crippen LogP contribution is 2.19. The van der Waals surface area contributed by atoms with Gasteiger partial charge in [-0.15, -0.1) is 12.6 Å². The van der Waals surface area contributed by atoms with Crippen LogP contribution in [-0.4, -0.2) is 19.5 Å². The van der Waals surface area contributed by atoms with E-state index in [1.165, 1.54) is 0 Å². The predicted molar refractivity (Wildman–Crippen MR) is 60.4 cm³/mol. The lowest BCUT2D eigenvalue weighted by Crippen LogP contribution is -2.11. The van der Waals surface area contributed by atoms with Crippen LogP contribution < -0.4 is 5.69 Å². The molecule has 0 unspecified atom stereocenters. The molecule has 2 N–H and O–H groups in total. The number of nitrogens with zero attached hydrogens (tertiary/aromatic N) is 2. The molecular weight excluding hydrogens is 212 g/mol. The summed E-state index contributed by atoms with van der Waals surface area (Å²) in [6, 6.07) is 3.72. The van der Waals surface area contributed by atoms with Gasteiger partial charge in [0.05, 0.1) is 22.1 Å². The first-order valence-electron chi connectivity index (χ1n) is 4.42. The van der Waals surface area contributed by atoms with E-state index in [2.05, 4.69) is 27.6 Å². The average Bonchev–Trinajstić information content (AvgIpc) is 2.65. The molecule has 2 heterocycles. The van der Waals surface area contributed by atoms with E-state index in [1.807, 2.05) is 12.1 Å². The largest absolute Gasteiger partial charge is 0.333 e. The van der Waals surface area contributed by atoms with Gasteiger partial charge in [0.1, 0.15) is 0 Å². The Bertz CT molecular complexity index is 721. The number of hydrogen-bond acceptors (Lipinski definition) is 3. The molecule has 0 saturated heterocycles. The van der Waals surface area contributed by atoms with Gasteiger partial charge in [-0.3, -0.25) is 4.57 Å². The van der Waals surface area contributed by atoms with Crippen LogP contribution in [0.1, 0.15) is 0 Å². The molecule has 0 bridgehead atoms. The highest BCUT2D eigenvalue weighted by atomic mass is 32.1. The third-order valence-corrected chi connectivity index (χ3v) is 2.71. The minimum atomic E-state index is -0.122. The van der Waals surface area contributed by atoms with E-state index in [-0.39, 0.29) is 5.69 Å². The van der Waals surface area contributed by atoms with Crippen molar-refractivity contribution < 1.29 is 0 Å². The zero-order valence-corrected chi connectivity index (χ0v) is 8.80. The normalized spacial score (nSPS) is 11.6. The molecule has 0 fully saturated rings. The van der Waals surface area contributed by atoms with Crippen molar-refractivity contribution in [3.8, 4) is 0 Å². The highest BCUT2D eigenvalue weighted by molar-refractivity contribution is 7.80. The van der Waals surface area contributed by atoms with Crippen LogP contribution in [0.25, 0.3) is 22.1 Å². The maximum Gasteiger partial charge on any atom is 0.326 e. The van der Waals surface area contributed by atoms with Crippen molar-refractivity contribution in [2.45, 2.75) is 5.16 Å². The molecule has 76 valence electrons. The number of nitrogens with one attached hydrogen (secondary N) is 2.